The Morgan fingerprint density at radius 1 is 1.06 bits per heavy atom. The Morgan fingerprint density at radius 3 is 2.11 bits per heavy atom. The molecule has 6 heteroatoms. The molecule has 0 unspecified atom stereocenters. The summed E-state index contributed by atoms with van der Waals surface area (Å²) in [7, 11) is 0. The first-order valence-corrected chi connectivity index (χ1v) is 6.52. The summed E-state index contributed by atoms with van der Waals surface area (Å²) in [6.45, 7) is 10.1. The summed E-state index contributed by atoms with van der Waals surface area (Å²) in [5, 5.41) is 11.4. The van der Waals surface area contributed by atoms with E-state index in [4.69, 9.17) is 5.11 Å². The first kappa shape index (κ1) is 16.7. The van der Waals surface area contributed by atoms with Crippen LogP contribution in [0.5, 0.6) is 0 Å². The van der Waals surface area contributed by atoms with E-state index in [9.17, 15) is 9.59 Å². The molecule has 0 saturated heterocycles. The highest BCUT2D eigenvalue weighted by molar-refractivity contribution is 5.75. The molecule has 0 aliphatic carbocycles. The SMILES string of the molecule is CCN(CC)CCNC(=O)N(CC)CCC(=O)O. The molecule has 6 nitrogen and oxygen atoms in total. The first-order chi connectivity index (χ1) is 8.54. The number of carboxylic acid groups (broad SMARTS) is 1. The predicted molar refractivity (Wildman–Crippen MR) is 70.7 cm³/mol. The van der Waals surface area contributed by atoms with E-state index in [1.165, 1.54) is 4.90 Å². The summed E-state index contributed by atoms with van der Waals surface area (Å²) in [5.74, 6) is -0.885. The average Bonchev–Trinajstić information content (AvgIpc) is 2.35. The molecule has 0 rings (SSSR count). The summed E-state index contributed by atoms with van der Waals surface area (Å²) in [5.41, 5.74) is 0. The van der Waals surface area contributed by atoms with Gasteiger partial charge >= 0.3 is 12.0 Å². The maximum absolute atomic E-state index is 11.7. The monoisotopic (exact) mass is 259 g/mol. The van der Waals surface area contributed by atoms with Crippen LogP contribution in [0.15, 0.2) is 0 Å². The zero-order valence-electron chi connectivity index (χ0n) is 11.6. The van der Waals surface area contributed by atoms with Crippen molar-refractivity contribution in [1.82, 2.24) is 15.1 Å². The third kappa shape index (κ3) is 7.11. The number of amides is 2. The standard InChI is InChI=1S/C12H25N3O3/c1-4-14(5-2)10-8-13-12(18)15(6-3)9-7-11(16)17/h4-10H2,1-3H3,(H,13,18)(H,16,17). The highest BCUT2D eigenvalue weighted by Crippen LogP contribution is 1.93. The number of aliphatic carboxylic acids is 1. The van der Waals surface area contributed by atoms with Crippen molar-refractivity contribution in [2.75, 3.05) is 39.3 Å². The molecule has 2 N–H and O–H groups in total. The number of carbonyl (C=O) groups is 2. The van der Waals surface area contributed by atoms with Gasteiger partial charge in [-0.1, -0.05) is 13.8 Å². The molecule has 2 amide bonds. The van der Waals surface area contributed by atoms with Gasteiger partial charge in [0.25, 0.3) is 0 Å². The molecule has 0 aromatic rings. The van der Waals surface area contributed by atoms with Gasteiger partial charge in [0, 0.05) is 26.2 Å². The van der Waals surface area contributed by atoms with Crippen molar-refractivity contribution in [3.05, 3.63) is 0 Å². The summed E-state index contributed by atoms with van der Waals surface area (Å²) in [6, 6.07) is -0.189. The third-order valence-electron chi connectivity index (χ3n) is 2.86. The van der Waals surface area contributed by atoms with Crippen LogP contribution in [0.1, 0.15) is 27.2 Å². The van der Waals surface area contributed by atoms with Crippen LogP contribution in [0.25, 0.3) is 0 Å². The minimum atomic E-state index is -0.885. The lowest BCUT2D eigenvalue weighted by atomic mass is 10.4. The normalized spacial score (nSPS) is 10.4. The smallest absolute Gasteiger partial charge is 0.317 e. The molecule has 0 heterocycles. The number of nitrogens with zero attached hydrogens (tertiary/aromatic N) is 2. The van der Waals surface area contributed by atoms with E-state index in [0.29, 0.717) is 13.1 Å². The van der Waals surface area contributed by atoms with Crippen molar-refractivity contribution in [2.45, 2.75) is 27.2 Å². The topological polar surface area (TPSA) is 72.9 Å². The van der Waals surface area contributed by atoms with Gasteiger partial charge in [-0.15, -0.1) is 0 Å². The summed E-state index contributed by atoms with van der Waals surface area (Å²) >= 11 is 0. The zero-order chi connectivity index (χ0) is 14.0. The minimum absolute atomic E-state index is 0.0166. The molecule has 0 aliphatic rings. The molecule has 0 saturated carbocycles. The van der Waals surface area contributed by atoms with Gasteiger partial charge < -0.3 is 20.2 Å². The quantitative estimate of drug-likeness (QED) is 0.643. The van der Waals surface area contributed by atoms with Gasteiger partial charge in [0.05, 0.1) is 6.42 Å². The van der Waals surface area contributed by atoms with Crippen LogP contribution in [-0.4, -0.2) is 66.2 Å². The number of hydrogen-bond donors (Lipinski definition) is 2. The maximum Gasteiger partial charge on any atom is 0.317 e. The van der Waals surface area contributed by atoms with Crippen molar-refractivity contribution < 1.29 is 14.7 Å². The number of hydrogen-bond acceptors (Lipinski definition) is 3. The Kier molecular flexibility index (Phi) is 9.00. The van der Waals surface area contributed by atoms with Gasteiger partial charge in [-0.3, -0.25) is 4.79 Å². The average molecular weight is 259 g/mol. The minimum Gasteiger partial charge on any atom is -0.481 e. The van der Waals surface area contributed by atoms with Gasteiger partial charge in [0.2, 0.25) is 0 Å². The van der Waals surface area contributed by atoms with E-state index in [0.717, 1.165) is 19.6 Å². The second kappa shape index (κ2) is 9.70. The fourth-order valence-corrected chi connectivity index (χ4v) is 1.61. The Hall–Kier alpha value is -1.30. The molecule has 0 spiro atoms. The van der Waals surface area contributed by atoms with Gasteiger partial charge in [0.1, 0.15) is 0 Å². The molecule has 0 aromatic carbocycles. The number of nitrogens with one attached hydrogen (secondary N) is 1. The van der Waals surface area contributed by atoms with Crippen LogP contribution < -0.4 is 5.32 Å². The van der Waals surface area contributed by atoms with Crippen LogP contribution >= 0.6 is 0 Å². The number of carboxylic acids is 1. The highest BCUT2D eigenvalue weighted by atomic mass is 16.4. The number of urea groups is 1. The van der Waals surface area contributed by atoms with Crippen molar-refractivity contribution in [3.8, 4) is 0 Å². The molecule has 0 aromatic heterocycles. The van der Waals surface area contributed by atoms with Crippen molar-refractivity contribution in [2.24, 2.45) is 0 Å². The molecule has 106 valence electrons. The van der Waals surface area contributed by atoms with Gasteiger partial charge in [-0.25, -0.2) is 4.79 Å². The van der Waals surface area contributed by atoms with E-state index in [2.05, 4.69) is 24.1 Å². The summed E-state index contributed by atoms with van der Waals surface area (Å²) in [6.07, 6.45) is -0.0166. The molecule has 0 bridgehead atoms. The third-order valence-corrected chi connectivity index (χ3v) is 2.86. The van der Waals surface area contributed by atoms with Crippen molar-refractivity contribution in [1.29, 1.82) is 0 Å². The maximum atomic E-state index is 11.7. The van der Waals surface area contributed by atoms with Gasteiger partial charge in [-0.2, -0.15) is 0 Å². The fraction of sp³-hybridized carbons (Fsp3) is 0.833. The lowest BCUT2D eigenvalue weighted by Gasteiger charge is -2.22. The largest absolute Gasteiger partial charge is 0.481 e. The first-order valence-electron chi connectivity index (χ1n) is 6.52. The number of rotatable bonds is 9. The van der Waals surface area contributed by atoms with Crippen LogP contribution in [-0.2, 0) is 4.79 Å². The van der Waals surface area contributed by atoms with E-state index >= 15 is 0 Å². The molecule has 0 fully saturated rings. The van der Waals surface area contributed by atoms with Crippen molar-refractivity contribution >= 4 is 12.0 Å². The van der Waals surface area contributed by atoms with E-state index in [1.54, 1.807) is 0 Å². The van der Waals surface area contributed by atoms with Crippen LogP contribution in [0.3, 0.4) is 0 Å². The highest BCUT2D eigenvalue weighted by Gasteiger charge is 2.12. The number of likely N-dealkylation sites (N-methyl/N-ethyl adjacent to an activating group) is 1. The lowest BCUT2D eigenvalue weighted by Crippen LogP contribution is -2.43. The van der Waals surface area contributed by atoms with E-state index < -0.39 is 5.97 Å². The lowest BCUT2D eigenvalue weighted by molar-refractivity contribution is -0.137. The Balaban J connectivity index is 3.93. The molecule has 18 heavy (non-hydrogen) atoms. The Morgan fingerprint density at radius 2 is 1.67 bits per heavy atom. The zero-order valence-corrected chi connectivity index (χ0v) is 11.6. The molecule has 0 aliphatic heterocycles. The summed E-state index contributed by atoms with van der Waals surface area (Å²) < 4.78 is 0. The van der Waals surface area contributed by atoms with Crippen LogP contribution in [0.4, 0.5) is 4.79 Å². The van der Waals surface area contributed by atoms with Crippen LogP contribution in [0, 0.1) is 0 Å². The van der Waals surface area contributed by atoms with E-state index in [-0.39, 0.29) is 19.0 Å². The molecular weight excluding hydrogens is 234 g/mol. The second-order valence-corrected chi connectivity index (χ2v) is 3.98. The predicted octanol–water partition coefficient (Wildman–Crippen LogP) is 0.834. The Bertz CT molecular complexity index is 255. The fourth-order valence-electron chi connectivity index (χ4n) is 1.61. The number of carbonyl (C=O) groups excluding carboxylic acids is 1. The van der Waals surface area contributed by atoms with Gasteiger partial charge in [-0.05, 0) is 20.0 Å². The molecule has 0 atom stereocenters. The molecular formula is C12H25N3O3. The van der Waals surface area contributed by atoms with Crippen LogP contribution in [0.2, 0.25) is 0 Å². The second-order valence-electron chi connectivity index (χ2n) is 3.98. The van der Waals surface area contributed by atoms with Gasteiger partial charge in [0.15, 0.2) is 0 Å². The molecule has 0 radical (unpaired) electrons. The van der Waals surface area contributed by atoms with E-state index in [1.807, 2.05) is 6.92 Å². The Labute approximate surface area is 109 Å². The summed E-state index contributed by atoms with van der Waals surface area (Å²) in [4.78, 5) is 25.9. The van der Waals surface area contributed by atoms with Crippen molar-refractivity contribution in [3.63, 3.8) is 0 Å².